The molecule has 3 aliphatic heterocycles. The number of nitrogens with one attached hydrogen (secondary N) is 2. The molecule has 1 amide bonds. The number of carbonyl (C=O) groups excluding carboxylic acids is 1. The summed E-state index contributed by atoms with van der Waals surface area (Å²) in [6, 6.07) is 3.90. The molecule has 2 fully saturated rings. The van der Waals surface area contributed by atoms with E-state index in [-0.39, 0.29) is 18.6 Å². The van der Waals surface area contributed by atoms with E-state index in [4.69, 9.17) is 15.2 Å². The molecule has 0 radical (unpaired) electrons. The molecule has 0 aliphatic carbocycles. The lowest BCUT2D eigenvalue weighted by molar-refractivity contribution is -0.118. The Hall–Kier alpha value is -1.95. The second-order valence-electron chi connectivity index (χ2n) is 5.63. The average Bonchev–Trinajstić information content (AvgIpc) is 3.02. The molecule has 20 heavy (non-hydrogen) atoms. The van der Waals surface area contributed by atoms with Gasteiger partial charge >= 0.3 is 0 Å². The Morgan fingerprint density at radius 2 is 2.25 bits per heavy atom. The average molecular weight is 275 g/mol. The normalized spacial score (nSPS) is 30.6. The van der Waals surface area contributed by atoms with Crippen LogP contribution in [0.3, 0.4) is 0 Å². The van der Waals surface area contributed by atoms with Crippen molar-refractivity contribution in [3.05, 3.63) is 12.1 Å². The smallest absolute Gasteiger partial charge is 0.262 e. The van der Waals surface area contributed by atoms with Crippen LogP contribution < -0.4 is 21.1 Å². The molecule has 2 bridgehead atoms. The first kappa shape index (κ1) is 11.8. The summed E-state index contributed by atoms with van der Waals surface area (Å²) in [6.45, 7) is 0.0411. The highest BCUT2D eigenvalue weighted by atomic mass is 16.5. The summed E-state index contributed by atoms with van der Waals surface area (Å²) in [4.78, 5) is 11.4. The first-order valence-corrected chi connectivity index (χ1v) is 6.97. The Balaban J connectivity index is 1.58. The molecular formula is C14H17N3O3. The van der Waals surface area contributed by atoms with Crippen LogP contribution in [-0.4, -0.2) is 30.8 Å². The number of benzene rings is 1. The van der Waals surface area contributed by atoms with E-state index in [9.17, 15) is 4.79 Å². The standard InChI is InChI=1S/C14H17N3O3/c15-8-4-13-11(17-14(18)6-19-13)5-9(8)16-10-3-7-1-2-12(10)20-7/h4-5,7,10,12,16H,1-3,6,15H2,(H,17,18). The molecule has 3 aliphatic rings. The molecule has 3 heterocycles. The summed E-state index contributed by atoms with van der Waals surface area (Å²) in [5.74, 6) is 0.480. The Kier molecular flexibility index (Phi) is 2.53. The Labute approximate surface area is 116 Å². The first-order valence-electron chi connectivity index (χ1n) is 6.97. The zero-order valence-electron chi connectivity index (χ0n) is 11.0. The first-order chi connectivity index (χ1) is 9.69. The van der Waals surface area contributed by atoms with E-state index in [2.05, 4.69) is 10.6 Å². The van der Waals surface area contributed by atoms with Crippen molar-refractivity contribution in [2.75, 3.05) is 23.0 Å². The molecule has 1 aromatic carbocycles. The summed E-state index contributed by atoms with van der Waals surface area (Å²) < 4.78 is 11.2. The highest BCUT2D eigenvalue weighted by Crippen LogP contribution is 2.39. The number of rotatable bonds is 2. The number of nitrogens with two attached hydrogens (primary N) is 1. The third kappa shape index (κ3) is 1.87. The van der Waals surface area contributed by atoms with Gasteiger partial charge in [0.25, 0.3) is 5.91 Å². The highest BCUT2D eigenvalue weighted by Gasteiger charge is 2.40. The number of anilines is 3. The summed E-state index contributed by atoms with van der Waals surface area (Å²) in [5.41, 5.74) is 8.18. The molecule has 106 valence electrons. The van der Waals surface area contributed by atoms with E-state index < -0.39 is 0 Å². The lowest BCUT2D eigenvalue weighted by atomic mass is 9.95. The molecule has 0 spiro atoms. The maximum Gasteiger partial charge on any atom is 0.262 e. The third-order valence-corrected chi connectivity index (χ3v) is 4.23. The molecule has 2 saturated heterocycles. The molecular weight excluding hydrogens is 258 g/mol. The van der Waals surface area contributed by atoms with Gasteiger partial charge in [-0.2, -0.15) is 0 Å². The molecule has 4 N–H and O–H groups in total. The van der Waals surface area contributed by atoms with Gasteiger partial charge in [-0.3, -0.25) is 4.79 Å². The van der Waals surface area contributed by atoms with Crippen LogP contribution in [-0.2, 0) is 9.53 Å². The Morgan fingerprint density at radius 1 is 1.35 bits per heavy atom. The fraction of sp³-hybridized carbons (Fsp3) is 0.500. The number of amides is 1. The second kappa shape index (κ2) is 4.28. The molecule has 0 saturated carbocycles. The van der Waals surface area contributed by atoms with Crippen molar-refractivity contribution in [3.63, 3.8) is 0 Å². The fourth-order valence-electron chi connectivity index (χ4n) is 3.26. The lowest BCUT2D eigenvalue weighted by Gasteiger charge is -2.24. The minimum atomic E-state index is -0.142. The maximum atomic E-state index is 11.4. The van der Waals surface area contributed by atoms with Gasteiger partial charge in [0, 0.05) is 6.07 Å². The number of fused-ring (bicyclic) bond motifs is 3. The van der Waals surface area contributed by atoms with E-state index in [1.54, 1.807) is 6.07 Å². The van der Waals surface area contributed by atoms with Gasteiger partial charge in [0.05, 0.1) is 35.3 Å². The SMILES string of the molecule is Nc1cc2c(cc1NC1CC3CCC1O3)NC(=O)CO2. The molecule has 4 rings (SSSR count). The monoisotopic (exact) mass is 275 g/mol. The molecule has 3 unspecified atom stereocenters. The van der Waals surface area contributed by atoms with Gasteiger partial charge in [-0.25, -0.2) is 0 Å². The van der Waals surface area contributed by atoms with E-state index in [0.29, 0.717) is 29.3 Å². The maximum absolute atomic E-state index is 11.4. The van der Waals surface area contributed by atoms with E-state index in [1.807, 2.05) is 6.07 Å². The minimum absolute atomic E-state index is 0.0411. The Bertz CT molecular complexity index is 575. The highest BCUT2D eigenvalue weighted by molar-refractivity contribution is 5.97. The van der Waals surface area contributed by atoms with Gasteiger partial charge in [0.15, 0.2) is 6.61 Å². The zero-order valence-corrected chi connectivity index (χ0v) is 11.0. The number of nitrogen functional groups attached to an aromatic ring is 1. The predicted octanol–water partition coefficient (Wildman–Crippen LogP) is 1.33. The van der Waals surface area contributed by atoms with Gasteiger partial charge in [0.2, 0.25) is 0 Å². The molecule has 3 atom stereocenters. The van der Waals surface area contributed by atoms with Crippen LogP contribution in [0.15, 0.2) is 12.1 Å². The number of ether oxygens (including phenoxy) is 2. The number of hydrogen-bond donors (Lipinski definition) is 3. The van der Waals surface area contributed by atoms with Crippen molar-refractivity contribution in [2.45, 2.75) is 37.5 Å². The zero-order chi connectivity index (χ0) is 13.7. The van der Waals surface area contributed by atoms with Crippen LogP contribution in [0.5, 0.6) is 5.75 Å². The van der Waals surface area contributed by atoms with Crippen molar-refractivity contribution in [2.24, 2.45) is 0 Å². The molecule has 6 nitrogen and oxygen atoms in total. The van der Waals surface area contributed by atoms with E-state index in [0.717, 1.165) is 24.9 Å². The second-order valence-corrected chi connectivity index (χ2v) is 5.63. The van der Waals surface area contributed by atoms with Crippen molar-refractivity contribution in [1.29, 1.82) is 0 Å². The topological polar surface area (TPSA) is 85.6 Å². The largest absolute Gasteiger partial charge is 0.482 e. The number of hydrogen-bond acceptors (Lipinski definition) is 5. The molecule has 6 heteroatoms. The van der Waals surface area contributed by atoms with Crippen molar-refractivity contribution >= 4 is 23.0 Å². The molecule has 1 aromatic rings. The minimum Gasteiger partial charge on any atom is -0.482 e. The number of carbonyl (C=O) groups is 1. The lowest BCUT2D eigenvalue weighted by Crippen LogP contribution is -2.31. The fourth-order valence-corrected chi connectivity index (χ4v) is 3.26. The van der Waals surface area contributed by atoms with Gasteiger partial charge in [-0.05, 0) is 25.3 Å². The summed E-state index contributed by atoms with van der Waals surface area (Å²) in [5, 5.41) is 6.24. The van der Waals surface area contributed by atoms with Gasteiger partial charge < -0.3 is 25.8 Å². The van der Waals surface area contributed by atoms with Crippen LogP contribution in [0.1, 0.15) is 19.3 Å². The summed E-state index contributed by atoms with van der Waals surface area (Å²) in [7, 11) is 0. The van der Waals surface area contributed by atoms with Crippen LogP contribution in [0.25, 0.3) is 0 Å². The molecule has 0 aromatic heterocycles. The van der Waals surface area contributed by atoms with Crippen molar-refractivity contribution in [1.82, 2.24) is 0 Å². The quantitative estimate of drug-likeness (QED) is 0.709. The van der Waals surface area contributed by atoms with E-state index >= 15 is 0 Å². The van der Waals surface area contributed by atoms with Crippen molar-refractivity contribution < 1.29 is 14.3 Å². The van der Waals surface area contributed by atoms with Gasteiger partial charge in [0.1, 0.15) is 5.75 Å². The Morgan fingerprint density at radius 3 is 3.00 bits per heavy atom. The summed E-state index contributed by atoms with van der Waals surface area (Å²) >= 11 is 0. The van der Waals surface area contributed by atoms with Crippen LogP contribution in [0.2, 0.25) is 0 Å². The van der Waals surface area contributed by atoms with Crippen LogP contribution in [0.4, 0.5) is 17.1 Å². The predicted molar refractivity (Wildman–Crippen MR) is 74.9 cm³/mol. The van der Waals surface area contributed by atoms with Gasteiger partial charge in [-0.1, -0.05) is 0 Å². The van der Waals surface area contributed by atoms with E-state index in [1.165, 1.54) is 0 Å². The summed E-state index contributed by atoms with van der Waals surface area (Å²) in [6.07, 6.45) is 3.95. The van der Waals surface area contributed by atoms with Crippen LogP contribution in [0, 0.1) is 0 Å². The van der Waals surface area contributed by atoms with Gasteiger partial charge in [-0.15, -0.1) is 0 Å². The van der Waals surface area contributed by atoms with Crippen molar-refractivity contribution in [3.8, 4) is 5.75 Å². The third-order valence-electron chi connectivity index (χ3n) is 4.23. The van der Waals surface area contributed by atoms with Crippen LogP contribution >= 0.6 is 0 Å².